The van der Waals surface area contributed by atoms with E-state index in [0.29, 0.717) is 0 Å². The predicted octanol–water partition coefficient (Wildman–Crippen LogP) is 3.61. The zero-order valence-corrected chi connectivity index (χ0v) is 13.0. The van der Waals surface area contributed by atoms with Gasteiger partial charge in [0.15, 0.2) is 0 Å². The van der Waals surface area contributed by atoms with Crippen LogP contribution < -0.4 is 5.73 Å². The van der Waals surface area contributed by atoms with Crippen LogP contribution in [0.1, 0.15) is 19.4 Å². The molecule has 0 radical (unpaired) electrons. The average molecular weight is 317 g/mol. The van der Waals surface area contributed by atoms with Gasteiger partial charge in [-0.3, -0.25) is 0 Å². The van der Waals surface area contributed by atoms with Gasteiger partial charge in [-0.15, -0.1) is 0 Å². The lowest BCUT2D eigenvalue weighted by Gasteiger charge is -2.17. The minimum atomic E-state index is 0.814. The number of rotatable bonds is 7. The molecule has 96 valence electrons. The molecule has 0 aliphatic heterocycles. The second kappa shape index (κ2) is 8.01. The first-order valence-electron chi connectivity index (χ1n) is 6.01. The lowest BCUT2D eigenvalue weighted by molar-refractivity contribution is 0.324. The minimum Gasteiger partial charge on any atom is -0.399 e. The first kappa shape index (κ1) is 14.9. The van der Waals surface area contributed by atoms with Crippen molar-refractivity contribution in [3.63, 3.8) is 0 Å². The van der Waals surface area contributed by atoms with Crippen molar-refractivity contribution in [2.75, 3.05) is 31.1 Å². The van der Waals surface area contributed by atoms with E-state index in [-0.39, 0.29) is 0 Å². The third-order valence-corrected chi connectivity index (χ3v) is 4.51. The zero-order valence-electron chi connectivity index (χ0n) is 10.6. The number of hydrogen-bond donors (Lipinski definition) is 1. The maximum absolute atomic E-state index is 5.71. The molecular weight excluding hydrogens is 296 g/mol. The van der Waals surface area contributed by atoms with Crippen molar-refractivity contribution in [3.8, 4) is 0 Å². The van der Waals surface area contributed by atoms with Gasteiger partial charge in [-0.2, -0.15) is 11.8 Å². The molecule has 0 unspecified atom stereocenters. The van der Waals surface area contributed by atoms with Crippen molar-refractivity contribution in [2.45, 2.75) is 19.6 Å². The van der Waals surface area contributed by atoms with Crippen LogP contribution >= 0.6 is 27.7 Å². The van der Waals surface area contributed by atoms with E-state index < -0.39 is 0 Å². The zero-order chi connectivity index (χ0) is 12.7. The minimum absolute atomic E-state index is 0.814. The molecule has 0 aromatic heterocycles. The van der Waals surface area contributed by atoms with Crippen molar-refractivity contribution in [3.05, 3.63) is 28.2 Å². The Hall–Kier alpha value is -0.190. The molecule has 0 aliphatic carbocycles. The lowest BCUT2D eigenvalue weighted by atomic mass is 10.2. The van der Waals surface area contributed by atoms with Crippen LogP contribution in [0.2, 0.25) is 0 Å². The lowest BCUT2D eigenvalue weighted by Crippen LogP contribution is -2.25. The predicted molar refractivity (Wildman–Crippen MR) is 82.5 cm³/mol. The number of benzene rings is 1. The standard InChI is InChI=1S/C13H21BrN2S/c1-3-16(4-2)7-8-17-10-11-5-6-12(15)9-13(11)14/h5-6,9H,3-4,7-8,10,15H2,1-2H3. The summed E-state index contributed by atoms with van der Waals surface area (Å²) in [5, 5.41) is 0. The Balaban J connectivity index is 2.31. The number of anilines is 1. The number of halogens is 1. The Morgan fingerprint density at radius 2 is 2.00 bits per heavy atom. The van der Waals surface area contributed by atoms with Gasteiger partial charge in [0.25, 0.3) is 0 Å². The first-order chi connectivity index (χ1) is 8.17. The third-order valence-electron chi connectivity index (χ3n) is 2.78. The van der Waals surface area contributed by atoms with Gasteiger partial charge in [-0.25, -0.2) is 0 Å². The molecule has 2 N–H and O–H groups in total. The van der Waals surface area contributed by atoms with Crippen LogP contribution in [0.25, 0.3) is 0 Å². The highest BCUT2D eigenvalue weighted by molar-refractivity contribution is 9.10. The number of nitrogens with zero attached hydrogens (tertiary/aromatic N) is 1. The summed E-state index contributed by atoms with van der Waals surface area (Å²) in [7, 11) is 0. The smallest absolute Gasteiger partial charge is 0.0325 e. The topological polar surface area (TPSA) is 29.3 Å². The molecule has 0 fully saturated rings. The molecule has 1 aromatic carbocycles. The van der Waals surface area contributed by atoms with Crippen molar-refractivity contribution >= 4 is 33.4 Å². The van der Waals surface area contributed by atoms with Crippen molar-refractivity contribution in [1.29, 1.82) is 0 Å². The molecule has 0 spiro atoms. The molecule has 0 saturated carbocycles. The highest BCUT2D eigenvalue weighted by atomic mass is 79.9. The summed E-state index contributed by atoms with van der Waals surface area (Å²) in [5.74, 6) is 2.22. The summed E-state index contributed by atoms with van der Waals surface area (Å²) in [6, 6.07) is 6.04. The highest BCUT2D eigenvalue weighted by Gasteiger charge is 2.02. The highest BCUT2D eigenvalue weighted by Crippen LogP contribution is 2.23. The molecule has 0 atom stereocenters. The number of thioether (sulfide) groups is 1. The fourth-order valence-corrected chi connectivity index (χ4v) is 3.32. The van der Waals surface area contributed by atoms with Crippen LogP contribution in [-0.2, 0) is 5.75 Å². The van der Waals surface area contributed by atoms with E-state index in [2.05, 4.69) is 40.7 Å². The molecule has 1 aromatic rings. The summed E-state index contributed by atoms with van der Waals surface area (Å²) in [6.07, 6.45) is 0. The van der Waals surface area contributed by atoms with Gasteiger partial charge in [0.2, 0.25) is 0 Å². The summed E-state index contributed by atoms with van der Waals surface area (Å²) in [5.41, 5.74) is 7.85. The molecule has 0 saturated heterocycles. The Morgan fingerprint density at radius 1 is 1.29 bits per heavy atom. The fourth-order valence-electron chi connectivity index (χ4n) is 1.60. The first-order valence-corrected chi connectivity index (χ1v) is 7.96. The van der Waals surface area contributed by atoms with E-state index >= 15 is 0 Å². The van der Waals surface area contributed by atoms with Crippen LogP contribution in [-0.4, -0.2) is 30.3 Å². The van der Waals surface area contributed by atoms with Crippen molar-refractivity contribution in [2.24, 2.45) is 0 Å². The second-order valence-corrected chi connectivity index (χ2v) is 5.89. The van der Waals surface area contributed by atoms with Crippen LogP contribution in [0, 0.1) is 0 Å². The number of nitrogen functional groups attached to an aromatic ring is 1. The normalized spacial score (nSPS) is 11.1. The molecule has 0 bridgehead atoms. The Bertz CT molecular complexity index is 340. The Morgan fingerprint density at radius 3 is 2.59 bits per heavy atom. The van der Waals surface area contributed by atoms with Gasteiger partial charge >= 0.3 is 0 Å². The van der Waals surface area contributed by atoms with E-state index in [4.69, 9.17) is 5.73 Å². The quantitative estimate of drug-likeness (QED) is 0.615. The molecule has 2 nitrogen and oxygen atoms in total. The van der Waals surface area contributed by atoms with Crippen LogP contribution in [0.5, 0.6) is 0 Å². The van der Waals surface area contributed by atoms with Crippen LogP contribution in [0.4, 0.5) is 5.69 Å². The van der Waals surface area contributed by atoms with Crippen LogP contribution in [0.15, 0.2) is 22.7 Å². The molecule has 4 heteroatoms. The van der Waals surface area contributed by atoms with Gasteiger partial charge in [-0.1, -0.05) is 35.8 Å². The third kappa shape index (κ3) is 5.32. The molecular formula is C13H21BrN2S. The summed E-state index contributed by atoms with van der Waals surface area (Å²) < 4.78 is 1.12. The Labute approximate surface area is 117 Å². The van der Waals surface area contributed by atoms with E-state index in [9.17, 15) is 0 Å². The van der Waals surface area contributed by atoms with Gasteiger partial charge in [0, 0.05) is 28.2 Å². The summed E-state index contributed by atoms with van der Waals surface area (Å²) >= 11 is 5.52. The van der Waals surface area contributed by atoms with E-state index in [1.54, 1.807) is 0 Å². The summed E-state index contributed by atoms with van der Waals surface area (Å²) in [4.78, 5) is 2.45. The molecule has 17 heavy (non-hydrogen) atoms. The average Bonchev–Trinajstić information content (AvgIpc) is 2.32. The number of nitrogens with two attached hydrogens (primary N) is 1. The SMILES string of the molecule is CCN(CC)CCSCc1ccc(N)cc1Br. The molecule has 0 amide bonds. The van der Waals surface area contributed by atoms with Gasteiger partial charge in [0.1, 0.15) is 0 Å². The Kier molecular flexibility index (Phi) is 7.00. The molecule has 0 heterocycles. The maximum atomic E-state index is 5.71. The second-order valence-electron chi connectivity index (χ2n) is 3.93. The van der Waals surface area contributed by atoms with Gasteiger partial charge in [0.05, 0.1) is 0 Å². The van der Waals surface area contributed by atoms with Gasteiger partial charge in [-0.05, 0) is 30.8 Å². The molecule has 0 aliphatic rings. The fraction of sp³-hybridized carbons (Fsp3) is 0.538. The maximum Gasteiger partial charge on any atom is 0.0325 e. The van der Waals surface area contributed by atoms with Crippen LogP contribution in [0.3, 0.4) is 0 Å². The van der Waals surface area contributed by atoms with E-state index in [1.807, 2.05) is 23.9 Å². The van der Waals surface area contributed by atoms with Crippen molar-refractivity contribution < 1.29 is 0 Å². The van der Waals surface area contributed by atoms with Crippen molar-refractivity contribution in [1.82, 2.24) is 4.90 Å². The molecule has 1 rings (SSSR count). The number of hydrogen-bond acceptors (Lipinski definition) is 3. The van der Waals surface area contributed by atoms with E-state index in [1.165, 1.54) is 17.9 Å². The largest absolute Gasteiger partial charge is 0.399 e. The summed E-state index contributed by atoms with van der Waals surface area (Å²) in [6.45, 7) is 7.88. The van der Waals surface area contributed by atoms with Gasteiger partial charge < -0.3 is 10.6 Å². The monoisotopic (exact) mass is 316 g/mol. The van der Waals surface area contributed by atoms with E-state index in [0.717, 1.165) is 29.0 Å².